The lowest BCUT2D eigenvalue weighted by Crippen LogP contribution is -1.81. The van der Waals surface area contributed by atoms with Gasteiger partial charge in [0.15, 0.2) is 0 Å². The number of aromatic nitrogens is 3. The molecule has 0 amide bonds. The second kappa shape index (κ2) is 3.58. The number of hydrogen-bond donors (Lipinski definition) is 1. The second-order valence-corrected chi connectivity index (χ2v) is 2.90. The van der Waals surface area contributed by atoms with Crippen LogP contribution in [0.25, 0.3) is 11.4 Å². The molecule has 0 aliphatic carbocycles. The molecule has 1 N–H and O–H groups in total. The fourth-order valence-corrected chi connectivity index (χ4v) is 1.21. The quantitative estimate of drug-likeness (QED) is 0.743. The van der Waals surface area contributed by atoms with Gasteiger partial charge >= 0.3 is 0 Å². The molecule has 0 aliphatic rings. The van der Waals surface area contributed by atoms with Gasteiger partial charge in [-0.3, -0.25) is 4.98 Å². The monoisotopic (exact) mass is 193 g/mol. The van der Waals surface area contributed by atoms with Crippen LogP contribution in [0.5, 0.6) is 0 Å². The highest BCUT2D eigenvalue weighted by molar-refractivity contribution is 6.16. The van der Waals surface area contributed by atoms with Gasteiger partial charge in [-0.1, -0.05) is 0 Å². The van der Waals surface area contributed by atoms with Gasteiger partial charge in [-0.05, 0) is 12.1 Å². The summed E-state index contributed by atoms with van der Waals surface area (Å²) in [6.07, 6.45) is 5.22. The average molecular weight is 194 g/mol. The molecule has 0 spiro atoms. The fraction of sp³-hybridized carbons (Fsp3) is 0.111. The van der Waals surface area contributed by atoms with E-state index in [1.807, 2.05) is 12.1 Å². The van der Waals surface area contributed by atoms with Crippen LogP contribution in [0.1, 0.15) is 5.69 Å². The van der Waals surface area contributed by atoms with Gasteiger partial charge in [-0.25, -0.2) is 4.98 Å². The van der Waals surface area contributed by atoms with Crippen molar-refractivity contribution in [3.8, 4) is 11.4 Å². The third-order valence-corrected chi connectivity index (χ3v) is 2.00. The standard InChI is InChI=1S/C9H8ClN3/c10-4-8-6-12-9(13-8)7-2-1-3-11-5-7/h1-3,5-6H,4H2,(H,12,13). The number of halogens is 1. The molecule has 0 saturated carbocycles. The Morgan fingerprint density at radius 3 is 2.92 bits per heavy atom. The van der Waals surface area contributed by atoms with Crippen molar-refractivity contribution in [1.29, 1.82) is 0 Å². The van der Waals surface area contributed by atoms with Crippen molar-refractivity contribution in [1.82, 2.24) is 15.0 Å². The summed E-state index contributed by atoms with van der Waals surface area (Å²) in [4.78, 5) is 11.3. The molecule has 4 heteroatoms. The molecular weight excluding hydrogens is 186 g/mol. The van der Waals surface area contributed by atoms with Gasteiger partial charge in [-0.2, -0.15) is 0 Å². The van der Waals surface area contributed by atoms with Crippen LogP contribution in [0.2, 0.25) is 0 Å². The third kappa shape index (κ3) is 1.70. The van der Waals surface area contributed by atoms with Crippen molar-refractivity contribution in [2.45, 2.75) is 5.88 Å². The van der Waals surface area contributed by atoms with Crippen molar-refractivity contribution in [3.63, 3.8) is 0 Å². The Bertz CT molecular complexity index is 383. The summed E-state index contributed by atoms with van der Waals surface area (Å²) in [5, 5.41) is 0. The zero-order valence-electron chi connectivity index (χ0n) is 6.87. The number of rotatable bonds is 2. The van der Waals surface area contributed by atoms with E-state index in [2.05, 4.69) is 15.0 Å². The Morgan fingerprint density at radius 1 is 1.38 bits per heavy atom. The first-order valence-electron chi connectivity index (χ1n) is 3.90. The van der Waals surface area contributed by atoms with Crippen molar-refractivity contribution in [2.75, 3.05) is 0 Å². The van der Waals surface area contributed by atoms with Gasteiger partial charge < -0.3 is 4.98 Å². The smallest absolute Gasteiger partial charge is 0.139 e. The van der Waals surface area contributed by atoms with Crippen LogP contribution in [0.15, 0.2) is 30.7 Å². The first-order valence-corrected chi connectivity index (χ1v) is 4.44. The number of alkyl halides is 1. The predicted molar refractivity (Wildman–Crippen MR) is 51.4 cm³/mol. The molecule has 66 valence electrons. The molecule has 0 aromatic carbocycles. The van der Waals surface area contributed by atoms with Gasteiger partial charge in [0.2, 0.25) is 0 Å². The molecule has 2 heterocycles. The molecule has 2 aromatic rings. The lowest BCUT2D eigenvalue weighted by atomic mass is 10.3. The summed E-state index contributed by atoms with van der Waals surface area (Å²) in [7, 11) is 0. The van der Waals surface area contributed by atoms with Crippen molar-refractivity contribution < 1.29 is 0 Å². The molecule has 0 fully saturated rings. The summed E-state index contributed by atoms with van der Waals surface area (Å²) in [5.74, 6) is 1.26. The van der Waals surface area contributed by atoms with Crippen LogP contribution in [-0.4, -0.2) is 15.0 Å². The maximum absolute atomic E-state index is 5.64. The molecule has 0 unspecified atom stereocenters. The lowest BCUT2D eigenvalue weighted by molar-refractivity contribution is 1.21. The van der Waals surface area contributed by atoms with E-state index >= 15 is 0 Å². The van der Waals surface area contributed by atoms with E-state index < -0.39 is 0 Å². The van der Waals surface area contributed by atoms with Crippen LogP contribution in [0.3, 0.4) is 0 Å². The van der Waals surface area contributed by atoms with Crippen molar-refractivity contribution in [3.05, 3.63) is 36.4 Å². The van der Waals surface area contributed by atoms with Gasteiger partial charge in [0.1, 0.15) is 5.82 Å². The van der Waals surface area contributed by atoms with E-state index in [-0.39, 0.29) is 0 Å². The Labute approximate surface area is 80.8 Å². The second-order valence-electron chi connectivity index (χ2n) is 2.63. The molecular formula is C9H8ClN3. The topological polar surface area (TPSA) is 41.6 Å². The molecule has 0 atom stereocenters. The highest BCUT2D eigenvalue weighted by Gasteiger charge is 2.01. The number of H-pyrrole nitrogens is 1. The molecule has 3 nitrogen and oxygen atoms in total. The Morgan fingerprint density at radius 2 is 2.31 bits per heavy atom. The molecule has 0 bridgehead atoms. The number of imidazole rings is 1. The summed E-state index contributed by atoms with van der Waals surface area (Å²) in [6, 6.07) is 3.82. The summed E-state index contributed by atoms with van der Waals surface area (Å²) >= 11 is 5.64. The van der Waals surface area contributed by atoms with Crippen molar-refractivity contribution in [2.24, 2.45) is 0 Å². The van der Waals surface area contributed by atoms with Gasteiger partial charge in [0.05, 0.1) is 5.88 Å². The van der Waals surface area contributed by atoms with Gasteiger partial charge in [-0.15, -0.1) is 11.6 Å². The predicted octanol–water partition coefficient (Wildman–Crippen LogP) is 2.21. The molecule has 2 aromatic heterocycles. The van der Waals surface area contributed by atoms with E-state index in [1.165, 1.54) is 0 Å². The third-order valence-electron chi connectivity index (χ3n) is 1.71. The summed E-state index contributed by atoms with van der Waals surface area (Å²) in [5.41, 5.74) is 1.89. The maximum Gasteiger partial charge on any atom is 0.139 e. The largest absolute Gasteiger partial charge is 0.341 e. The summed E-state index contributed by atoms with van der Waals surface area (Å²) < 4.78 is 0. The molecule has 0 aliphatic heterocycles. The van der Waals surface area contributed by atoms with E-state index in [0.717, 1.165) is 17.1 Å². The minimum Gasteiger partial charge on any atom is -0.341 e. The van der Waals surface area contributed by atoms with Crippen LogP contribution < -0.4 is 0 Å². The first-order chi connectivity index (χ1) is 6.40. The lowest BCUT2D eigenvalue weighted by Gasteiger charge is -1.93. The van der Waals surface area contributed by atoms with Gasteiger partial charge in [0, 0.05) is 29.8 Å². The first kappa shape index (κ1) is 8.26. The minimum absolute atomic E-state index is 0.452. The van der Waals surface area contributed by atoms with E-state index in [1.54, 1.807) is 18.6 Å². The van der Waals surface area contributed by atoms with E-state index in [4.69, 9.17) is 11.6 Å². The molecule has 0 radical (unpaired) electrons. The number of aromatic amines is 1. The van der Waals surface area contributed by atoms with Gasteiger partial charge in [0.25, 0.3) is 0 Å². The van der Waals surface area contributed by atoms with Crippen LogP contribution in [-0.2, 0) is 5.88 Å². The van der Waals surface area contributed by atoms with Crippen LogP contribution in [0, 0.1) is 0 Å². The Balaban J connectivity index is 2.36. The molecule has 2 rings (SSSR count). The van der Waals surface area contributed by atoms with Crippen LogP contribution >= 0.6 is 11.6 Å². The highest BCUT2D eigenvalue weighted by atomic mass is 35.5. The normalized spacial score (nSPS) is 10.2. The van der Waals surface area contributed by atoms with Crippen molar-refractivity contribution >= 4 is 11.6 Å². The summed E-state index contributed by atoms with van der Waals surface area (Å²) in [6.45, 7) is 0. The van der Waals surface area contributed by atoms with E-state index in [0.29, 0.717) is 5.88 Å². The number of nitrogens with zero attached hydrogens (tertiary/aromatic N) is 2. The molecule has 0 saturated heterocycles. The fourth-order valence-electron chi connectivity index (χ4n) is 1.08. The Kier molecular flexibility index (Phi) is 2.27. The number of hydrogen-bond acceptors (Lipinski definition) is 2. The highest BCUT2D eigenvalue weighted by Crippen LogP contribution is 2.13. The number of nitrogens with one attached hydrogen (secondary N) is 1. The maximum atomic E-state index is 5.64. The zero-order chi connectivity index (χ0) is 9.10. The minimum atomic E-state index is 0.452. The molecule has 13 heavy (non-hydrogen) atoms. The average Bonchev–Trinajstić information content (AvgIpc) is 2.67. The Hall–Kier alpha value is -1.35. The van der Waals surface area contributed by atoms with Crippen LogP contribution in [0.4, 0.5) is 0 Å². The number of pyridine rings is 1. The van der Waals surface area contributed by atoms with E-state index in [9.17, 15) is 0 Å². The SMILES string of the molecule is ClCc1cnc(-c2cccnc2)[nH]1. The zero-order valence-corrected chi connectivity index (χ0v) is 7.62.